The normalized spacial score (nSPS) is 12.6. The molecule has 1 heterocycles. The molecule has 1 aromatic carbocycles. The number of pyridine rings is 1. The number of fused-ring (bicyclic) bond motifs is 1. The molecule has 0 aliphatic heterocycles. The number of aliphatic hydroxyl groups is 1. The summed E-state index contributed by atoms with van der Waals surface area (Å²) in [7, 11) is 0. The Morgan fingerprint density at radius 3 is 2.89 bits per heavy atom. The molecule has 0 saturated heterocycles. The standard InChI is InChI=1S/C15H21N3O/c1-3-12(19)6-7-17-15-8-10(2)18-14-5-4-11(16)9-13(14)15/h4-5,8-9,12,19H,3,6-7,16H2,1-2H3,(H,17,18). The van der Waals surface area contributed by atoms with E-state index < -0.39 is 0 Å². The Kier molecular flexibility index (Phi) is 4.22. The van der Waals surface area contributed by atoms with Gasteiger partial charge in [0.05, 0.1) is 11.6 Å². The average Bonchev–Trinajstić information content (AvgIpc) is 2.39. The molecule has 1 aromatic heterocycles. The number of hydrogen-bond acceptors (Lipinski definition) is 4. The van der Waals surface area contributed by atoms with Crippen molar-refractivity contribution in [1.82, 2.24) is 4.98 Å². The summed E-state index contributed by atoms with van der Waals surface area (Å²) in [6.07, 6.45) is 1.28. The summed E-state index contributed by atoms with van der Waals surface area (Å²) < 4.78 is 0. The lowest BCUT2D eigenvalue weighted by molar-refractivity contribution is 0.164. The van der Waals surface area contributed by atoms with Crippen molar-refractivity contribution in [2.75, 3.05) is 17.6 Å². The van der Waals surface area contributed by atoms with Crippen LogP contribution in [-0.4, -0.2) is 22.7 Å². The van der Waals surface area contributed by atoms with Crippen LogP contribution in [0.15, 0.2) is 24.3 Å². The van der Waals surface area contributed by atoms with Gasteiger partial charge in [0.15, 0.2) is 0 Å². The van der Waals surface area contributed by atoms with E-state index in [0.717, 1.165) is 47.4 Å². The number of rotatable bonds is 5. The Bertz CT molecular complexity index is 569. The molecule has 2 rings (SSSR count). The van der Waals surface area contributed by atoms with Crippen molar-refractivity contribution in [3.05, 3.63) is 30.0 Å². The summed E-state index contributed by atoms with van der Waals surface area (Å²) in [5, 5.41) is 14.0. The van der Waals surface area contributed by atoms with Gasteiger partial charge in [-0.2, -0.15) is 0 Å². The number of aromatic nitrogens is 1. The van der Waals surface area contributed by atoms with Gasteiger partial charge in [-0.25, -0.2) is 0 Å². The van der Waals surface area contributed by atoms with Crippen LogP contribution >= 0.6 is 0 Å². The van der Waals surface area contributed by atoms with Gasteiger partial charge < -0.3 is 16.2 Å². The number of nitrogen functional groups attached to an aromatic ring is 1. The monoisotopic (exact) mass is 259 g/mol. The van der Waals surface area contributed by atoms with Crippen LogP contribution in [0.5, 0.6) is 0 Å². The average molecular weight is 259 g/mol. The zero-order chi connectivity index (χ0) is 13.8. The molecule has 1 unspecified atom stereocenters. The van der Waals surface area contributed by atoms with Gasteiger partial charge in [-0.15, -0.1) is 0 Å². The van der Waals surface area contributed by atoms with Crippen LogP contribution in [0.2, 0.25) is 0 Å². The molecule has 0 bridgehead atoms. The van der Waals surface area contributed by atoms with Gasteiger partial charge in [-0.05, 0) is 44.0 Å². The van der Waals surface area contributed by atoms with Crippen LogP contribution in [0.25, 0.3) is 10.9 Å². The van der Waals surface area contributed by atoms with Crippen LogP contribution < -0.4 is 11.1 Å². The van der Waals surface area contributed by atoms with Gasteiger partial charge in [-0.3, -0.25) is 4.98 Å². The first-order valence-electron chi connectivity index (χ1n) is 6.69. The number of anilines is 2. The van der Waals surface area contributed by atoms with Crippen LogP contribution in [0, 0.1) is 6.92 Å². The molecule has 4 N–H and O–H groups in total. The van der Waals surface area contributed by atoms with E-state index in [1.807, 2.05) is 38.1 Å². The zero-order valence-corrected chi connectivity index (χ0v) is 11.5. The predicted molar refractivity (Wildman–Crippen MR) is 80.3 cm³/mol. The first-order valence-corrected chi connectivity index (χ1v) is 6.69. The lowest BCUT2D eigenvalue weighted by Crippen LogP contribution is -2.12. The zero-order valence-electron chi connectivity index (χ0n) is 11.5. The number of nitrogens with two attached hydrogens (primary N) is 1. The van der Waals surface area contributed by atoms with E-state index in [2.05, 4.69) is 10.3 Å². The molecule has 0 amide bonds. The maximum absolute atomic E-state index is 9.58. The first-order chi connectivity index (χ1) is 9.10. The van der Waals surface area contributed by atoms with Crippen LogP contribution in [0.4, 0.5) is 11.4 Å². The fraction of sp³-hybridized carbons (Fsp3) is 0.400. The van der Waals surface area contributed by atoms with Crippen molar-refractivity contribution in [2.24, 2.45) is 0 Å². The third-order valence-corrected chi connectivity index (χ3v) is 3.23. The molecule has 4 heteroatoms. The van der Waals surface area contributed by atoms with Gasteiger partial charge in [-0.1, -0.05) is 6.92 Å². The fourth-order valence-electron chi connectivity index (χ4n) is 2.10. The van der Waals surface area contributed by atoms with Crippen molar-refractivity contribution in [3.63, 3.8) is 0 Å². The van der Waals surface area contributed by atoms with Gasteiger partial charge in [0.1, 0.15) is 0 Å². The quantitative estimate of drug-likeness (QED) is 0.722. The van der Waals surface area contributed by atoms with E-state index in [1.54, 1.807) is 0 Å². The van der Waals surface area contributed by atoms with Crippen molar-refractivity contribution < 1.29 is 5.11 Å². The maximum Gasteiger partial charge on any atom is 0.0727 e. The fourth-order valence-corrected chi connectivity index (χ4v) is 2.10. The van der Waals surface area contributed by atoms with Gasteiger partial charge >= 0.3 is 0 Å². The summed E-state index contributed by atoms with van der Waals surface area (Å²) in [5.41, 5.74) is 9.50. The highest BCUT2D eigenvalue weighted by molar-refractivity contribution is 5.93. The highest BCUT2D eigenvalue weighted by atomic mass is 16.3. The van der Waals surface area contributed by atoms with Crippen LogP contribution in [0.3, 0.4) is 0 Å². The minimum absolute atomic E-state index is 0.244. The van der Waals surface area contributed by atoms with Crippen LogP contribution in [0.1, 0.15) is 25.5 Å². The second-order valence-electron chi connectivity index (χ2n) is 4.87. The summed E-state index contributed by atoms with van der Waals surface area (Å²) in [4.78, 5) is 4.49. The molecular formula is C15H21N3O. The second-order valence-corrected chi connectivity index (χ2v) is 4.87. The number of hydrogen-bond donors (Lipinski definition) is 3. The highest BCUT2D eigenvalue weighted by Gasteiger charge is 2.05. The topological polar surface area (TPSA) is 71.2 Å². The number of benzene rings is 1. The summed E-state index contributed by atoms with van der Waals surface area (Å²) >= 11 is 0. The smallest absolute Gasteiger partial charge is 0.0727 e. The molecule has 1 atom stereocenters. The minimum atomic E-state index is -0.244. The molecule has 102 valence electrons. The van der Waals surface area contributed by atoms with Crippen molar-refractivity contribution in [2.45, 2.75) is 32.8 Å². The molecular weight excluding hydrogens is 238 g/mol. The Balaban J connectivity index is 2.23. The predicted octanol–water partition coefficient (Wildman–Crippen LogP) is 2.70. The van der Waals surface area contributed by atoms with Crippen LogP contribution in [-0.2, 0) is 0 Å². The van der Waals surface area contributed by atoms with E-state index in [0.29, 0.717) is 0 Å². The number of nitrogens with zero attached hydrogens (tertiary/aromatic N) is 1. The molecule has 0 spiro atoms. The Morgan fingerprint density at radius 1 is 1.37 bits per heavy atom. The summed E-state index contributed by atoms with van der Waals surface area (Å²) in [6.45, 7) is 4.70. The molecule has 19 heavy (non-hydrogen) atoms. The van der Waals surface area contributed by atoms with E-state index in [1.165, 1.54) is 0 Å². The first kappa shape index (κ1) is 13.6. The highest BCUT2D eigenvalue weighted by Crippen LogP contribution is 2.25. The number of aliphatic hydroxyl groups excluding tert-OH is 1. The SMILES string of the molecule is CCC(O)CCNc1cc(C)nc2ccc(N)cc12. The van der Waals surface area contributed by atoms with Crippen molar-refractivity contribution in [1.29, 1.82) is 0 Å². The third kappa shape index (κ3) is 3.35. The Labute approximate surface area is 113 Å². The lowest BCUT2D eigenvalue weighted by atomic mass is 10.1. The van der Waals surface area contributed by atoms with E-state index in [9.17, 15) is 5.11 Å². The number of nitrogens with one attached hydrogen (secondary N) is 1. The lowest BCUT2D eigenvalue weighted by Gasteiger charge is -2.13. The van der Waals surface area contributed by atoms with E-state index in [4.69, 9.17) is 5.73 Å². The maximum atomic E-state index is 9.58. The Hall–Kier alpha value is -1.81. The molecule has 0 radical (unpaired) electrons. The van der Waals surface area contributed by atoms with E-state index in [-0.39, 0.29) is 6.10 Å². The molecule has 2 aromatic rings. The van der Waals surface area contributed by atoms with Gasteiger partial charge in [0, 0.05) is 29.0 Å². The van der Waals surface area contributed by atoms with Gasteiger partial charge in [0.25, 0.3) is 0 Å². The van der Waals surface area contributed by atoms with Crippen molar-refractivity contribution >= 4 is 22.3 Å². The number of aryl methyl sites for hydroxylation is 1. The van der Waals surface area contributed by atoms with Crippen molar-refractivity contribution in [3.8, 4) is 0 Å². The third-order valence-electron chi connectivity index (χ3n) is 3.23. The van der Waals surface area contributed by atoms with E-state index >= 15 is 0 Å². The minimum Gasteiger partial charge on any atom is -0.399 e. The molecule has 0 aliphatic rings. The molecule has 0 fully saturated rings. The molecule has 0 saturated carbocycles. The van der Waals surface area contributed by atoms with Gasteiger partial charge in [0.2, 0.25) is 0 Å². The summed E-state index contributed by atoms with van der Waals surface area (Å²) in [6, 6.07) is 7.74. The Morgan fingerprint density at radius 2 is 2.16 bits per heavy atom. The molecule has 0 aliphatic carbocycles. The molecule has 4 nitrogen and oxygen atoms in total. The summed E-state index contributed by atoms with van der Waals surface area (Å²) in [5.74, 6) is 0. The largest absolute Gasteiger partial charge is 0.399 e. The second kappa shape index (κ2) is 5.89.